The lowest BCUT2D eigenvalue weighted by Crippen LogP contribution is -2.72. The molecule has 4 aliphatic rings. The number of amides is 5. The van der Waals surface area contributed by atoms with E-state index in [4.69, 9.17) is 36.2 Å². The Morgan fingerprint density at radius 2 is 0.871 bits per heavy atom. The van der Waals surface area contributed by atoms with Gasteiger partial charge in [0.15, 0.2) is 30.9 Å². The second-order valence-corrected chi connectivity index (χ2v) is 28.3. The van der Waals surface area contributed by atoms with Crippen LogP contribution in [0.3, 0.4) is 0 Å². The molecule has 3 aliphatic heterocycles. The van der Waals surface area contributed by atoms with Crippen molar-refractivity contribution in [3.05, 3.63) is 179 Å². The van der Waals surface area contributed by atoms with Gasteiger partial charge in [0.2, 0.25) is 62.4 Å². The number of carbonyl (C=O) groups is 5. The van der Waals surface area contributed by atoms with Crippen LogP contribution >= 0.6 is 0 Å². The van der Waals surface area contributed by atoms with Gasteiger partial charge in [0.05, 0.1) is 36.9 Å². The molecular weight excluding hydrogens is 1480 g/mol. The minimum Gasteiger partial charge on any atom is -0.726 e. The maximum atomic E-state index is 14.8. The average Bonchev–Trinajstić information content (AvgIpc) is 0.747. The molecule has 1 aliphatic carbocycles. The van der Waals surface area contributed by atoms with Gasteiger partial charge >= 0.3 is 0 Å². The number of likely N-dealkylation sites (N-methyl/N-ethyl adjacent to an activating group) is 1. The van der Waals surface area contributed by atoms with E-state index in [0.717, 1.165) is 31.3 Å². The highest BCUT2D eigenvalue weighted by molar-refractivity contribution is 7.82. The van der Waals surface area contributed by atoms with Crippen molar-refractivity contribution in [2.75, 3.05) is 13.7 Å². The van der Waals surface area contributed by atoms with Crippen molar-refractivity contribution in [1.29, 1.82) is 0 Å². The molecule has 0 aromatic heterocycles. The number of fused-ring (bicyclic) bond motifs is 1. The van der Waals surface area contributed by atoms with Crippen LogP contribution in [0.4, 0.5) is 0 Å². The van der Waals surface area contributed by atoms with Crippen LogP contribution in [0.2, 0.25) is 0 Å². The number of nitrogens with one attached hydrogen (secondary N) is 4. The van der Waals surface area contributed by atoms with Crippen molar-refractivity contribution >= 4 is 91.9 Å². The molecule has 5 aromatic rings. The number of rotatable bonds is 27. The van der Waals surface area contributed by atoms with Crippen LogP contribution in [0.5, 0.6) is 0 Å². The van der Waals surface area contributed by atoms with Gasteiger partial charge in [-0.25, -0.2) is 50.5 Å². The number of hydrogen-bond donors (Lipinski definition) is 4. The van der Waals surface area contributed by atoms with Gasteiger partial charge in [0.1, 0.15) is 48.8 Å². The van der Waals surface area contributed by atoms with Crippen LogP contribution in [-0.2, 0) is 111 Å². The van der Waals surface area contributed by atoms with Crippen molar-refractivity contribution in [1.82, 2.24) is 26.2 Å². The zero-order valence-electron chi connectivity index (χ0n) is 51.1. The third-order valence-electron chi connectivity index (χ3n) is 15.5. The van der Waals surface area contributed by atoms with Gasteiger partial charge in [0, 0.05) is 35.7 Å². The van der Waals surface area contributed by atoms with Gasteiger partial charge in [-0.1, -0.05) is 78.4 Å². The second-order valence-electron chi connectivity index (χ2n) is 22.2. The van der Waals surface area contributed by atoms with E-state index in [1.54, 1.807) is 0 Å². The molecule has 101 heavy (non-hydrogen) atoms. The quantitative estimate of drug-likeness (QED) is 0.0234. The average molecular weight is 1530 g/mol. The van der Waals surface area contributed by atoms with Gasteiger partial charge in [-0.3, -0.25) is 44.3 Å². The number of benzene rings is 5. The molecule has 550 valence electrons. The molecule has 5 amide bonds. The lowest BCUT2D eigenvalue weighted by atomic mass is 9.83. The summed E-state index contributed by atoms with van der Waals surface area (Å²) < 4.78 is 289. The molecule has 0 spiro atoms. The highest BCUT2D eigenvalue weighted by atomic mass is 32.3. The molecule has 3 saturated heterocycles. The van der Waals surface area contributed by atoms with E-state index in [0.29, 0.717) is 4.90 Å². The van der Waals surface area contributed by atoms with E-state index >= 15 is 0 Å². The summed E-state index contributed by atoms with van der Waals surface area (Å²) in [7, 11) is -36.5. The van der Waals surface area contributed by atoms with Crippen LogP contribution in [0.15, 0.2) is 146 Å². The first-order valence-electron chi connectivity index (χ1n) is 29.0. The van der Waals surface area contributed by atoms with Crippen molar-refractivity contribution in [2.45, 2.75) is 117 Å². The molecule has 4 fully saturated rings. The first-order valence-corrected chi connectivity index (χ1v) is 37.0. The minimum atomic E-state index is -6.37. The molecule has 17 atom stereocenters. The maximum Gasteiger partial charge on any atom is 0.254 e. The third-order valence-corrected chi connectivity index (χ3v) is 18.2. The van der Waals surface area contributed by atoms with Crippen LogP contribution < -0.4 is 21.3 Å². The summed E-state index contributed by atoms with van der Waals surface area (Å²) in [5.74, 6) is -5.83. The molecule has 0 radical (unpaired) electrons. The van der Waals surface area contributed by atoms with E-state index in [9.17, 15) is 102 Å². The highest BCUT2D eigenvalue weighted by Gasteiger charge is 2.60. The highest BCUT2D eigenvalue weighted by Crippen LogP contribution is 2.42. The van der Waals surface area contributed by atoms with Crippen molar-refractivity contribution in [2.24, 2.45) is 0 Å². The Labute approximate surface area is 575 Å². The van der Waals surface area contributed by atoms with Gasteiger partial charge in [-0.05, 0) is 55.0 Å². The van der Waals surface area contributed by atoms with Gasteiger partial charge in [-0.2, -0.15) is 0 Å². The van der Waals surface area contributed by atoms with Crippen molar-refractivity contribution < 1.29 is 151 Å². The normalized spacial score (nSPS) is 28.1. The van der Waals surface area contributed by atoms with Crippen molar-refractivity contribution in [3.8, 4) is 0 Å². The predicted octanol–water partition coefficient (Wildman–Crippen LogP) is -2.80. The van der Waals surface area contributed by atoms with E-state index in [1.165, 1.54) is 121 Å². The summed E-state index contributed by atoms with van der Waals surface area (Å²) in [6.07, 6.45) is -34.2. The number of carbonyl (C=O) groups excluding carboxylic acids is 5. The largest absolute Gasteiger partial charge is 0.726 e. The Bertz CT molecular complexity index is 4490. The number of hydrogen-bond acceptors (Lipinski definition) is 34. The summed E-state index contributed by atoms with van der Waals surface area (Å²) in [5, 5.41) is 9.41. The third kappa shape index (κ3) is 21.5. The Balaban J connectivity index is 1.21. The fourth-order valence-electron chi connectivity index (χ4n) is 11.5. The molecular formula is C56H54N5O34S6-7. The standard InChI is InChI=1S/C56H60N5O34S6/c1-61(53(66)34-25-15-6-16-26-34)41-46(93-99(76,77)78)44-38(86-55(41)90-56-48(95-101(82,83)84)45(92-98(73,74)75)40(39(87-56)29-85-96(67,68)69)60-52(65)33-23-13-5-14-24-33)28-37(59-51(64)32-21-11-4-12-22-32)54(89-44)88-42-35(57-49(62)30-17-7-2-8-18-30)27-36(58-50(63)31-19-9-3-10-20-31)43(91-97(70,71)72)47(42)94-100(79,80)81/h2-23,25-26,35-48,54-56H,27-29H2,1H3,(H,57,62)(H,58,63)(H,59,64)(H,60,65)(H,67,68,69)(H,70,71,72)(H,73,74,75)(H,76,77,78)(H,79,80,81)(H,82,83,84)/q-1/p-6/t35?,36-,37-,38?,39?,40?,41?,42?,43+,44?,45+,46?,47+,48-,54+,55?,56+/m1/s1. The zero-order valence-corrected chi connectivity index (χ0v) is 56.0. The molecule has 4 N–H and O–H groups in total. The van der Waals surface area contributed by atoms with Crippen molar-refractivity contribution in [3.63, 3.8) is 0 Å². The van der Waals surface area contributed by atoms with Gasteiger partial charge in [-0.15, -0.1) is 30.3 Å². The van der Waals surface area contributed by atoms with Crippen LogP contribution in [-0.4, -0.2) is 230 Å². The Kier molecular flexibility index (Phi) is 24.6. The van der Waals surface area contributed by atoms with Crippen LogP contribution in [0, 0.1) is 6.07 Å². The number of nitrogens with zero attached hydrogens (tertiary/aromatic N) is 1. The van der Waals surface area contributed by atoms with Crippen LogP contribution in [0.25, 0.3) is 0 Å². The lowest BCUT2D eigenvalue weighted by Gasteiger charge is -2.54. The Morgan fingerprint density at radius 1 is 0.436 bits per heavy atom. The van der Waals surface area contributed by atoms with Gasteiger partial charge < -0.3 is 82.0 Å². The minimum absolute atomic E-state index is 0.156. The summed E-state index contributed by atoms with van der Waals surface area (Å²) >= 11 is 0. The zero-order chi connectivity index (χ0) is 73.6. The molecule has 45 heteroatoms. The summed E-state index contributed by atoms with van der Waals surface area (Å²) in [6, 6.07) is 22.8. The fraction of sp³-hybridized carbons (Fsp3) is 0.375. The maximum absolute atomic E-state index is 14.8. The monoisotopic (exact) mass is 1530 g/mol. The Morgan fingerprint density at radius 3 is 1.35 bits per heavy atom. The second kappa shape index (κ2) is 32.0. The van der Waals surface area contributed by atoms with E-state index in [2.05, 4.69) is 39.9 Å². The molecule has 1 saturated carbocycles. The summed E-state index contributed by atoms with van der Waals surface area (Å²) in [6.45, 7) is -1.69. The topological polar surface area (TPSA) is 581 Å². The molecule has 5 aromatic carbocycles. The molecule has 39 nitrogen and oxygen atoms in total. The Hall–Kier alpha value is -7.53. The molecule has 3 heterocycles. The smallest absolute Gasteiger partial charge is 0.254 e. The first kappa shape index (κ1) is 77.6. The molecule has 9 unspecified atom stereocenters. The number of ether oxygens (including phenoxy) is 5. The van der Waals surface area contributed by atoms with E-state index in [-0.39, 0.29) is 22.3 Å². The first-order chi connectivity index (χ1) is 47.3. The van der Waals surface area contributed by atoms with Gasteiger partial charge in [0.25, 0.3) is 23.6 Å². The summed E-state index contributed by atoms with van der Waals surface area (Å²) in [5.41, 5.74) is -1.28. The molecule has 9 rings (SSSR count). The molecule has 0 bridgehead atoms. The van der Waals surface area contributed by atoms with E-state index < -0.39 is 221 Å². The van der Waals surface area contributed by atoms with Crippen LogP contribution in [0.1, 0.15) is 64.6 Å². The predicted molar refractivity (Wildman–Crippen MR) is 322 cm³/mol. The lowest BCUT2D eigenvalue weighted by molar-refractivity contribution is -0.374. The van der Waals surface area contributed by atoms with E-state index in [1.807, 2.05) is 0 Å². The summed E-state index contributed by atoms with van der Waals surface area (Å²) in [4.78, 5) is 71.5. The SMILES string of the molecule is CN(C(=O)c1ccccc1)C1C(O[C@@H]2OC(COS(=O)(=O)[O-])C(NC(=O)c3[c-]cccc3)[C@H](OS(=O)(=O)[O-])[C@H]2OS(=O)(=O)[O-])OC2C[C@@H](NC(=O)c3ccccc3)[C@@H](OC3C(NC(=O)c4ccccc4)C[C@@H](NC(=O)c4ccccc4)[C@H](OS(=O)(=O)[O-])[C@H]3OS(=O)(=O)[O-])OC2C1OS(=O)(=O)[O-]. The fourth-order valence-corrected chi connectivity index (χ4v) is 14.3.